The lowest BCUT2D eigenvalue weighted by atomic mass is 10.1. The second kappa shape index (κ2) is 3.79. The van der Waals surface area contributed by atoms with Gasteiger partial charge in [0.15, 0.2) is 0 Å². The molecule has 0 fully saturated rings. The highest BCUT2D eigenvalue weighted by Gasteiger charge is 2.32. The molecule has 1 radical (unpaired) electrons. The summed E-state index contributed by atoms with van der Waals surface area (Å²) in [7, 11) is 3.16. The first-order chi connectivity index (χ1) is 6.05. The van der Waals surface area contributed by atoms with Crippen LogP contribution in [0.15, 0.2) is 24.3 Å². The van der Waals surface area contributed by atoms with E-state index < -0.39 is 11.7 Å². The van der Waals surface area contributed by atoms with Crippen molar-refractivity contribution in [3.8, 4) is 0 Å². The van der Waals surface area contributed by atoms with Crippen LogP contribution in [0.5, 0.6) is 0 Å². The van der Waals surface area contributed by atoms with Crippen LogP contribution >= 0.6 is 0 Å². The van der Waals surface area contributed by atoms with Gasteiger partial charge in [-0.2, -0.15) is 13.2 Å². The number of alkyl halides is 3. The molecule has 0 aliphatic carbocycles. The molecule has 0 aromatic heterocycles. The van der Waals surface area contributed by atoms with E-state index in [-0.39, 0.29) is 12.1 Å². The molecule has 4 heteroatoms. The maximum Gasteiger partial charge on any atom is 0.416 e. The molecule has 0 aliphatic heterocycles. The van der Waals surface area contributed by atoms with Gasteiger partial charge in [-0.3, -0.25) is 7.05 Å². The molecule has 0 heterocycles. The van der Waals surface area contributed by atoms with Crippen LogP contribution < -0.4 is 5.32 Å². The van der Waals surface area contributed by atoms with Gasteiger partial charge in [-0.25, -0.2) is 0 Å². The molecular weight excluding hydrogens is 179 g/mol. The van der Waals surface area contributed by atoms with Crippen LogP contribution in [0.25, 0.3) is 0 Å². The highest BCUT2D eigenvalue weighted by atomic mass is 19.4. The number of hydrogen-bond donors (Lipinski definition) is 0. The fourth-order valence-electron chi connectivity index (χ4n) is 1.06. The number of hydrogen-bond acceptors (Lipinski definition) is 0. The molecule has 0 saturated heterocycles. The molecule has 0 saturated carbocycles. The monoisotopic (exact) mass is 187 g/mol. The minimum atomic E-state index is -4.30. The van der Waals surface area contributed by atoms with Crippen LogP contribution in [0.1, 0.15) is 11.1 Å². The Morgan fingerprint density at radius 1 is 1.23 bits per heavy atom. The first kappa shape index (κ1) is 10.1. The third kappa shape index (κ3) is 2.45. The van der Waals surface area contributed by atoms with Gasteiger partial charge in [-0.15, -0.1) is 0 Å². The van der Waals surface area contributed by atoms with Gasteiger partial charge in [0.2, 0.25) is 0 Å². The zero-order valence-electron chi connectivity index (χ0n) is 6.80. The zero-order valence-corrected chi connectivity index (χ0v) is 6.80. The summed E-state index contributed by atoms with van der Waals surface area (Å²) in [5.74, 6) is 0. The predicted octanol–water partition coefficient (Wildman–Crippen LogP) is 2.60. The summed E-state index contributed by atoms with van der Waals surface area (Å²) in [5, 5.41) is 3.43. The Kier molecular flexibility index (Phi) is 2.93. The first-order valence-electron chi connectivity index (χ1n) is 3.63. The van der Waals surface area contributed by atoms with Crippen LogP contribution in [0.4, 0.5) is 13.2 Å². The number of rotatable bonds is 2. The summed E-state index contributed by atoms with van der Waals surface area (Å²) in [6, 6.07) is 5.35. The number of benzene rings is 1. The Balaban J connectivity index is 3.05. The van der Waals surface area contributed by atoms with Crippen molar-refractivity contribution in [2.45, 2.75) is 12.7 Å². The van der Waals surface area contributed by atoms with Gasteiger partial charge in [-0.1, -0.05) is 18.2 Å². The minimum Gasteiger partial charge on any atom is -0.420 e. The number of nitrogens with zero attached hydrogens (tertiary/aromatic N) is 1. The number of halogens is 3. The van der Waals surface area contributed by atoms with Gasteiger partial charge >= 0.3 is 6.18 Å². The van der Waals surface area contributed by atoms with Crippen molar-refractivity contribution < 1.29 is 13.2 Å². The summed E-state index contributed by atoms with van der Waals surface area (Å²) >= 11 is 0. The van der Waals surface area contributed by atoms with E-state index in [1.165, 1.54) is 12.1 Å². The largest absolute Gasteiger partial charge is 0.420 e. The van der Waals surface area contributed by atoms with Gasteiger partial charge in [0, 0.05) is 6.54 Å². The van der Waals surface area contributed by atoms with Crippen LogP contribution in [0.3, 0.4) is 0 Å². The predicted molar refractivity (Wildman–Crippen MR) is 42.6 cm³/mol. The van der Waals surface area contributed by atoms with E-state index in [9.17, 15) is 13.2 Å². The van der Waals surface area contributed by atoms with E-state index in [0.717, 1.165) is 6.07 Å². The molecule has 0 aliphatic rings. The third-order valence-electron chi connectivity index (χ3n) is 1.60. The van der Waals surface area contributed by atoms with Crippen molar-refractivity contribution in [1.82, 2.24) is 5.32 Å². The normalized spacial score (nSPS) is 11.7. The molecule has 1 nitrogen and oxygen atoms in total. The molecule has 0 bridgehead atoms. The van der Waals surface area contributed by atoms with E-state index in [1.54, 1.807) is 6.07 Å². The molecule has 0 N–H and O–H groups in total. The van der Waals surface area contributed by atoms with Gasteiger partial charge in [0.05, 0.1) is 5.56 Å². The maximum atomic E-state index is 12.3. The Morgan fingerprint density at radius 3 is 2.38 bits per heavy atom. The quantitative estimate of drug-likeness (QED) is 0.632. The summed E-state index contributed by atoms with van der Waals surface area (Å²) in [6.45, 7) is -0.00428. The summed E-state index contributed by atoms with van der Waals surface area (Å²) in [5.41, 5.74) is -0.479. The molecule has 1 aromatic rings. The molecule has 71 valence electrons. The third-order valence-corrected chi connectivity index (χ3v) is 1.60. The van der Waals surface area contributed by atoms with Crippen molar-refractivity contribution in [1.29, 1.82) is 0 Å². The lowest BCUT2D eigenvalue weighted by Crippen LogP contribution is -2.10. The Morgan fingerprint density at radius 2 is 1.85 bits per heavy atom. The lowest BCUT2D eigenvalue weighted by Gasteiger charge is -2.12. The first-order valence-corrected chi connectivity index (χ1v) is 3.63. The molecule has 1 rings (SSSR count). The van der Waals surface area contributed by atoms with Crippen molar-refractivity contribution in [3.05, 3.63) is 42.4 Å². The van der Waals surface area contributed by atoms with Gasteiger partial charge in [0.25, 0.3) is 0 Å². The SMILES string of the molecule is [CH2-][N]Cc1ccccc1C(F)(F)F. The summed E-state index contributed by atoms with van der Waals surface area (Å²) < 4.78 is 36.9. The summed E-state index contributed by atoms with van der Waals surface area (Å²) in [6.07, 6.45) is -4.30. The average Bonchev–Trinajstić information content (AvgIpc) is 2.04. The van der Waals surface area contributed by atoms with Crippen LogP contribution in [0, 0.1) is 7.05 Å². The fraction of sp³-hybridized carbons (Fsp3) is 0.222. The van der Waals surface area contributed by atoms with E-state index in [2.05, 4.69) is 12.4 Å². The maximum absolute atomic E-state index is 12.3. The summed E-state index contributed by atoms with van der Waals surface area (Å²) in [4.78, 5) is 0. The van der Waals surface area contributed by atoms with Crippen molar-refractivity contribution >= 4 is 0 Å². The fourth-order valence-corrected chi connectivity index (χ4v) is 1.06. The smallest absolute Gasteiger partial charge is 0.416 e. The molecule has 0 spiro atoms. The van der Waals surface area contributed by atoms with Crippen LogP contribution in [-0.4, -0.2) is 0 Å². The molecular formula is C9H8F3N-. The van der Waals surface area contributed by atoms with Crippen molar-refractivity contribution in [2.24, 2.45) is 0 Å². The second-order valence-electron chi connectivity index (χ2n) is 2.54. The van der Waals surface area contributed by atoms with Crippen molar-refractivity contribution in [3.63, 3.8) is 0 Å². The molecule has 0 amide bonds. The average molecular weight is 187 g/mol. The van der Waals surface area contributed by atoms with E-state index in [4.69, 9.17) is 0 Å². The van der Waals surface area contributed by atoms with Gasteiger partial charge in [0.1, 0.15) is 0 Å². The molecule has 0 atom stereocenters. The van der Waals surface area contributed by atoms with Gasteiger partial charge < -0.3 is 5.32 Å². The minimum absolute atomic E-state index is 0.00428. The van der Waals surface area contributed by atoms with E-state index in [1.807, 2.05) is 0 Å². The second-order valence-corrected chi connectivity index (χ2v) is 2.54. The Labute approximate surface area is 74.6 Å². The molecule has 13 heavy (non-hydrogen) atoms. The highest BCUT2D eigenvalue weighted by Crippen LogP contribution is 2.31. The Bertz CT molecular complexity index is 280. The zero-order chi connectivity index (χ0) is 9.90. The van der Waals surface area contributed by atoms with E-state index >= 15 is 0 Å². The van der Waals surface area contributed by atoms with Crippen LogP contribution in [-0.2, 0) is 12.7 Å². The van der Waals surface area contributed by atoms with Crippen LogP contribution in [0.2, 0.25) is 0 Å². The highest BCUT2D eigenvalue weighted by molar-refractivity contribution is 5.29. The molecule has 0 unspecified atom stereocenters. The topological polar surface area (TPSA) is 14.1 Å². The standard InChI is InChI=1S/C9H8F3N/c1-13-6-7-4-2-3-5-8(7)9(10,11)12/h2-5H,1,6H2/q-1. The Hall–Kier alpha value is -1.03. The molecule has 1 aromatic carbocycles. The van der Waals surface area contributed by atoms with Gasteiger partial charge in [-0.05, 0) is 11.6 Å². The van der Waals surface area contributed by atoms with Crippen molar-refractivity contribution in [2.75, 3.05) is 0 Å². The van der Waals surface area contributed by atoms with E-state index in [0.29, 0.717) is 0 Å². The lowest BCUT2D eigenvalue weighted by molar-refractivity contribution is -0.138.